The molecule has 0 N–H and O–H groups in total. The number of aromatic nitrogens is 4. The fraction of sp³-hybridized carbons (Fsp3) is 0. The van der Waals surface area contributed by atoms with Crippen molar-refractivity contribution < 1.29 is 0 Å². The van der Waals surface area contributed by atoms with Crippen molar-refractivity contribution in [2.24, 2.45) is 0 Å². The predicted octanol–water partition coefficient (Wildman–Crippen LogP) is 12.6. The van der Waals surface area contributed by atoms with Gasteiger partial charge in [0.25, 0.3) is 0 Å². The second-order valence-electron chi connectivity index (χ2n) is 14.3. The molecule has 13 rings (SSSR count). The molecule has 0 saturated carbocycles. The average molecular weight is 673 g/mol. The highest BCUT2D eigenvalue weighted by Crippen LogP contribution is 2.50. The molecular weight excluding hydrogens is 645 g/mol. The number of nitrogens with zero attached hydrogens (tertiary/aromatic N) is 4. The molecule has 8 aromatic carbocycles. The van der Waals surface area contributed by atoms with E-state index in [9.17, 15) is 0 Å². The van der Waals surface area contributed by atoms with Crippen LogP contribution in [0.5, 0.6) is 0 Å². The molecule has 4 nitrogen and oxygen atoms in total. The Bertz CT molecular complexity index is 3530. The molecule has 4 heterocycles. The van der Waals surface area contributed by atoms with Gasteiger partial charge >= 0.3 is 0 Å². The van der Waals surface area contributed by atoms with E-state index in [1.54, 1.807) is 0 Å². The highest BCUT2D eigenvalue weighted by Gasteiger charge is 2.27. The van der Waals surface area contributed by atoms with Crippen LogP contribution in [0.1, 0.15) is 0 Å². The molecule has 1 aliphatic carbocycles. The van der Waals surface area contributed by atoms with Crippen LogP contribution in [0.3, 0.4) is 0 Å². The first kappa shape index (κ1) is 27.5. The summed E-state index contributed by atoms with van der Waals surface area (Å²) in [7, 11) is 0. The first-order chi connectivity index (χ1) is 26.3. The Morgan fingerprint density at radius 1 is 0.340 bits per heavy atom. The lowest BCUT2D eigenvalue weighted by Crippen LogP contribution is -1.98. The number of fused-ring (bicyclic) bond motifs is 17. The number of para-hydroxylation sites is 3. The zero-order valence-electron chi connectivity index (χ0n) is 28.5. The fourth-order valence-corrected chi connectivity index (χ4v) is 9.69. The van der Waals surface area contributed by atoms with Gasteiger partial charge in [0.05, 0.1) is 44.3 Å². The minimum atomic E-state index is 0.978. The molecule has 4 heteroatoms. The first-order valence-electron chi connectivity index (χ1n) is 18.2. The molecule has 0 bridgehead atoms. The standard InChI is InChI=1S/C49H28N4/c1-2-13-29(14-3-1)51-40-23-10-8-19-37(40)45-43(51)28-26-39-48(45)53-47-38-20-9-11-24-41(38)52(46(47)34-17-6-7-18-35(34)49(53)50-39)42-27-25-33-31-16-5-4-15-30(31)32-21-12-22-36(42)44(32)33/h1-28H. The SMILES string of the molecule is c1ccc(-n2c3ccccc3c3c2ccc2nc4c5ccccc5c5c(c6ccccc6n5-c5ccc6c7c(cccc57)-c5ccccc5-6)n4c23)cc1. The van der Waals surface area contributed by atoms with Gasteiger partial charge in [-0.05, 0) is 70.1 Å². The van der Waals surface area contributed by atoms with Gasteiger partial charge in [-0.3, -0.25) is 4.40 Å². The van der Waals surface area contributed by atoms with Gasteiger partial charge in [0.15, 0.2) is 0 Å². The van der Waals surface area contributed by atoms with E-state index in [-0.39, 0.29) is 0 Å². The molecule has 0 spiro atoms. The maximum Gasteiger partial charge on any atom is 0.146 e. The van der Waals surface area contributed by atoms with Crippen LogP contribution in [0.15, 0.2) is 170 Å². The van der Waals surface area contributed by atoms with E-state index in [0.29, 0.717) is 0 Å². The summed E-state index contributed by atoms with van der Waals surface area (Å²) in [5.74, 6) is 0. The second kappa shape index (κ2) is 9.78. The molecule has 0 radical (unpaired) electrons. The Morgan fingerprint density at radius 2 is 0.962 bits per heavy atom. The molecule has 4 aromatic heterocycles. The highest BCUT2D eigenvalue weighted by atomic mass is 15.1. The predicted molar refractivity (Wildman–Crippen MR) is 221 cm³/mol. The van der Waals surface area contributed by atoms with Crippen molar-refractivity contribution in [3.63, 3.8) is 0 Å². The van der Waals surface area contributed by atoms with Crippen LogP contribution in [0.4, 0.5) is 0 Å². The number of benzene rings is 8. The third-order valence-electron chi connectivity index (χ3n) is 11.7. The van der Waals surface area contributed by atoms with Crippen molar-refractivity contribution in [2.45, 2.75) is 0 Å². The van der Waals surface area contributed by atoms with Crippen molar-refractivity contribution in [1.82, 2.24) is 18.5 Å². The van der Waals surface area contributed by atoms with Crippen LogP contribution < -0.4 is 0 Å². The van der Waals surface area contributed by atoms with E-state index >= 15 is 0 Å². The lowest BCUT2D eigenvalue weighted by Gasteiger charge is -2.15. The number of pyridine rings is 1. The Hall–Kier alpha value is -7.17. The lowest BCUT2D eigenvalue weighted by molar-refractivity contribution is 1.18. The molecule has 244 valence electrons. The Balaban J connectivity index is 1.27. The normalized spacial score (nSPS) is 12.5. The quantitative estimate of drug-likeness (QED) is 0.180. The summed E-state index contributed by atoms with van der Waals surface area (Å²) in [4.78, 5) is 5.47. The molecule has 0 unspecified atom stereocenters. The molecule has 0 atom stereocenters. The molecule has 1 aliphatic rings. The third kappa shape index (κ3) is 3.34. The largest absolute Gasteiger partial charge is 0.309 e. The molecule has 0 saturated heterocycles. The Labute approximate surface area is 303 Å². The van der Waals surface area contributed by atoms with Gasteiger partial charge in [0, 0.05) is 38.0 Å². The van der Waals surface area contributed by atoms with Gasteiger partial charge < -0.3 is 9.13 Å². The molecule has 53 heavy (non-hydrogen) atoms. The van der Waals surface area contributed by atoms with Crippen LogP contribution in [0, 0.1) is 0 Å². The van der Waals surface area contributed by atoms with Crippen LogP contribution in [-0.2, 0) is 0 Å². The van der Waals surface area contributed by atoms with E-state index in [2.05, 4.69) is 183 Å². The molecule has 12 aromatic rings. The van der Waals surface area contributed by atoms with Gasteiger partial charge in [0.2, 0.25) is 0 Å². The van der Waals surface area contributed by atoms with E-state index in [1.807, 2.05) is 0 Å². The maximum absolute atomic E-state index is 5.47. The summed E-state index contributed by atoms with van der Waals surface area (Å²) >= 11 is 0. The summed E-state index contributed by atoms with van der Waals surface area (Å²) in [6, 6.07) is 62.0. The van der Waals surface area contributed by atoms with Gasteiger partial charge in [-0.15, -0.1) is 0 Å². The molecule has 0 aliphatic heterocycles. The van der Waals surface area contributed by atoms with Gasteiger partial charge in [-0.25, -0.2) is 4.98 Å². The molecule has 0 fully saturated rings. The summed E-state index contributed by atoms with van der Waals surface area (Å²) < 4.78 is 7.40. The van der Waals surface area contributed by atoms with Crippen LogP contribution >= 0.6 is 0 Å². The average Bonchev–Trinajstić information content (AvgIpc) is 3.96. The second-order valence-corrected chi connectivity index (χ2v) is 14.3. The van der Waals surface area contributed by atoms with E-state index < -0.39 is 0 Å². The smallest absolute Gasteiger partial charge is 0.146 e. The monoisotopic (exact) mass is 672 g/mol. The molecule has 0 amide bonds. The van der Waals surface area contributed by atoms with Crippen molar-refractivity contribution in [3.8, 4) is 33.6 Å². The lowest BCUT2D eigenvalue weighted by atomic mass is 10.0. The van der Waals surface area contributed by atoms with E-state index in [4.69, 9.17) is 4.98 Å². The Morgan fingerprint density at radius 3 is 1.77 bits per heavy atom. The summed E-state index contributed by atoms with van der Waals surface area (Å²) in [5.41, 5.74) is 16.6. The van der Waals surface area contributed by atoms with Crippen molar-refractivity contribution >= 4 is 82.0 Å². The zero-order chi connectivity index (χ0) is 34.4. The van der Waals surface area contributed by atoms with Gasteiger partial charge in [0.1, 0.15) is 5.65 Å². The van der Waals surface area contributed by atoms with Crippen molar-refractivity contribution in [1.29, 1.82) is 0 Å². The minimum Gasteiger partial charge on any atom is -0.309 e. The summed E-state index contributed by atoms with van der Waals surface area (Å²) in [6.45, 7) is 0. The summed E-state index contributed by atoms with van der Waals surface area (Å²) in [5, 5.41) is 8.54. The van der Waals surface area contributed by atoms with Crippen LogP contribution in [0.2, 0.25) is 0 Å². The highest BCUT2D eigenvalue weighted by molar-refractivity contribution is 6.27. The van der Waals surface area contributed by atoms with Crippen molar-refractivity contribution in [3.05, 3.63) is 170 Å². The maximum atomic E-state index is 5.47. The number of hydrogen-bond donors (Lipinski definition) is 0. The minimum absolute atomic E-state index is 0.978. The first-order valence-corrected chi connectivity index (χ1v) is 18.2. The van der Waals surface area contributed by atoms with E-state index in [0.717, 1.165) is 27.8 Å². The van der Waals surface area contributed by atoms with Crippen molar-refractivity contribution in [2.75, 3.05) is 0 Å². The third-order valence-corrected chi connectivity index (χ3v) is 11.7. The number of hydrogen-bond acceptors (Lipinski definition) is 1. The number of rotatable bonds is 2. The molecular formula is C49H28N4. The zero-order valence-corrected chi connectivity index (χ0v) is 28.5. The van der Waals surface area contributed by atoms with Crippen LogP contribution in [-0.4, -0.2) is 18.5 Å². The van der Waals surface area contributed by atoms with Crippen LogP contribution in [0.25, 0.3) is 116 Å². The Kier molecular flexibility index (Phi) is 5.08. The topological polar surface area (TPSA) is 27.2 Å². The number of imidazole rings is 1. The van der Waals surface area contributed by atoms with E-state index in [1.165, 1.54) is 87.8 Å². The van der Waals surface area contributed by atoms with Gasteiger partial charge in [-0.2, -0.15) is 0 Å². The fourth-order valence-electron chi connectivity index (χ4n) is 9.69. The van der Waals surface area contributed by atoms with Gasteiger partial charge in [-0.1, -0.05) is 127 Å². The summed E-state index contributed by atoms with van der Waals surface area (Å²) in [6.07, 6.45) is 0.